The van der Waals surface area contributed by atoms with Gasteiger partial charge in [0, 0.05) is 0 Å². The molecule has 1 aliphatic heterocycles. The lowest BCUT2D eigenvalue weighted by Gasteiger charge is -2.56. The molecule has 4 rings (SSSR count). The molecule has 4 aliphatic rings. The average Bonchev–Trinajstić information content (AvgIpc) is 2.48. The number of nitrogens with one attached hydrogen (secondary N) is 1. The van der Waals surface area contributed by atoms with Gasteiger partial charge in [0.25, 0.3) is 0 Å². The molecule has 0 aromatic carbocycles. The number of hydrogen-bond acceptors (Lipinski definition) is 2. The van der Waals surface area contributed by atoms with Gasteiger partial charge in [-0.2, -0.15) is 0 Å². The summed E-state index contributed by atoms with van der Waals surface area (Å²) in [7, 11) is 0. The molecule has 0 aromatic rings. The van der Waals surface area contributed by atoms with Crippen molar-refractivity contribution in [2.45, 2.75) is 33.6 Å². The number of hydrogen-bond donors (Lipinski definition) is 1. The third-order valence-electron chi connectivity index (χ3n) is 6.03. The topological polar surface area (TPSA) is 34.0 Å². The number of ether oxygens (including phenoxy) is 1. The molecule has 4 nitrogen and oxygen atoms in total. The Balaban J connectivity index is 1.50. The van der Waals surface area contributed by atoms with E-state index >= 15 is 0 Å². The summed E-state index contributed by atoms with van der Waals surface area (Å²) in [5, 5.41) is 0. The molecular weight excluding hydrogens is 264 g/mol. The lowest BCUT2D eigenvalue weighted by Crippen LogP contribution is -3.15. The van der Waals surface area contributed by atoms with Gasteiger partial charge in [-0.25, -0.2) is 4.79 Å². The number of piperazine rings is 1. The van der Waals surface area contributed by atoms with Crippen LogP contribution in [0.25, 0.3) is 0 Å². The highest BCUT2D eigenvalue weighted by atomic mass is 16.6. The molecule has 21 heavy (non-hydrogen) atoms. The van der Waals surface area contributed by atoms with Crippen LogP contribution in [-0.2, 0) is 4.74 Å². The molecule has 1 N–H and O–H groups in total. The number of rotatable bonds is 3. The molecule has 1 saturated heterocycles. The van der Waals surface area contributed by atoms with Gasteiger partial charge >= 0.3 is 6.09 Å². The molecule has 118 valence electrons. The monoisotopic (exact) mass is 293 g/mol. The van der Waals surface area contributed by atoms with E-state index in [1.807, 2.05) is 11.8 Å². The second-order valence-electron chi connectivity index (χ2n) is 7.43. The van der Waals surface area contributed by atoms with E-state index in [2.05, 4.69) is 19.9 Å². The molecule has 2 atom stereocenters. The maximum atomic E-state index is 11.7. The third-order valence-corrected chi connectivity index (χ3v) is 6.03. The zero-order valence-corrected chi connectivity index (χ0v) is 13.7. The SMILES string of the molecule is CCOC(=O)N1CC[NH+](CC2=CC[C@@H]3C[C@H]2C3(C)C)CC1. The highest BCUT2D eigenvalue weighted by molar-refractivity contribution is 5.67. The number of nitrogens with zero attached hydrogens (tertiary/aromatic N) is 1. The number of amides is 1. The van der Waals surface area contributed by atoms with Crippen molar-refractivity contribution in [3.8, 4) is 0 Å². The van der Waals surface area contributed by atoms with E-state index in [9.17, 15) is 4.79 Å². The van der Waals surface area contributed by atoms with Gasteiger partial charge in [0.15, 0.2) is 0 Å². The van der Waals surface area contributed by atoms with Crippen molar-refractivity contribution in [2.75, 3.05) is 39.3 Å². The van der Waals surface area contributed by atoms with Gasteiger partial charge in [0.05, 0.1) is 39.3 Å². The maximum absolute atomic E-state index is 11.7. The minimum atomic E-state index is -0.142. The Morgan fingerprint density at radius 1 is 1.43 bits per heavy atom. The highest BCUT2D eigenvalue weighted by Gasteiger charge is 2.51. The second-order valence-corrected chi connectivity index (χ2v) is 7.43. The van der Waals surface area contributed by atoms with Crippen LogP contribution >= 0.6 is 0 Å². The molecule has 0 unspecified atom stereocenters. The standard InChI is InChI=1S/C17H28N2O2/c1-4-21-16(20)19-9-7-18(8-10-19)12-13-5-6-14-11-15(13)17(14,2)3/h5,14-15H,4,6-12H2,1-3H3/p+1/t14-,15-/m1/s1. The molecule has 1 heterocycles. The Morgan fingerprint density at radius 2 is 2.14 bits per heavy atom. The molecule has 4 heteroatoms. The fourth-order valence-corrected chi connectivity index (χ4v) is 4.36. The second kappa shape index (κ2) is 5.64. The molecule has 1 saturated carbocycles. The molecule has 2 bridgehead atoms. The summed E-state index contributed by atoms with van der Waals surface area (Å²) < 4.78 is 5.08. The van der Waals surface area contributed by atoms with Crippen molar-refractivity contribution >= 4 is 6.09 Å². The van der Waals surface area contributed by atoms with Gasteiger partial charge in [-0.3, -0.25) is 4.90 Å². The third kappa shape index (κ3) is 2.70. The fraction of sp³-hybridized carbons (Fsp3) is 0.824. The van der Waals surface area contributed by atoms with E-state index in [1.165, 1.54) is 19.4 Å². The molecule has 0 aromatic heterocycles. The molecular formula is C17H29N2O2+. The van der Waals surface area contributed by atoms with E-state index in [-0.39, 0.29) is 6.09 Å². The van der Waals surface area contributed by atoms with E-state index in [4.69, 9.17) is 4.74 Å². The first-order valence-electron chi connectivity index (χ1n) is 8.46. The Hall–Kier alpha value is -1.03. The molecule has 0 spiro atoms. The van der Waals surface area contributed by atoms with Crippen LogP contribution in [0.1, 0.15) is 33.6 Å². The predicted octanol–water partition coefficient (Wildman–Crippen LogP) is 1.34. The Bertz CT molecular complexity index is 436. The number of carbonyl (C=O) groups is 1. The van der Waals surface area contributed by atoms with Crippen LogP contribution in [-0.4, -0.2) is 50.3 Å². The lowest BCUT2D eigenvalue weighted by atomic mass is 9.49. The summed E-state index contributed by atoms with van der Waals surface area (Å²) in [6.45, 7) is 12.1. The van der Waals surface area contributed by atoms with Crippen molar-refractivity contribution in [2.24, 2.45) is 17.3 Å². The summed E-state index contributed by atoms with van der Waals surface area (Å²) in [4.78, 5) is 15.2. The van der Waals surface area contributed by atoms with E-state index in [1.54, 1.807) is 10.5 Å². The van der Waals surface area contributed by atoms with Gasteiger partial charge in [0.2, 0.25) is 0 Å². The van der Waals surface area contributed by atoms with Crippen LogP contribution in [0.3, 0.4) is 0 Å². The van der Waals surface area contributed by atoms with Crippen LogP contribution in [0.5, 0.6) is 0 Å². The van der Waals surface area contributed by atoms with Gasteiger partial charge in [-0.15, -0.1) is 0 Å². The average molecular weight is 293 g/mol. The van der Waals surface area contributed by atoms with E-state index in [0.717, 1.165) is 38.0 Å². The first kappa shape index (κ1) is 14.9. The highest BCUT2D eigenvalue weighted by Crippen LogP contribution is 2.58. The predicted molar refractivity (Wildman–Crippen MR) is 82.2 cm³/mol. The smallest absolute Gasteiger partial charge is 0.410 e. The Kier molecular flexibility index (Phi) is 4.00. The van der Waals surface area contributed by atoms with Crippen LogP contribution in [0.4, 0.5) is 4.79 Å². The molecule has 3 aliphatic carbocycles. The van der Waals surface area contributed by atoms with E-state index in [0.29, 0.717) is 12.0 Å². The summed E-state index contributed by atoms with van der Waals surface area (Å²) in [6.07, 6.45) is 5.05. The molecule has 2 fully saturated rings. The Labute approximate surface area is 128 Å². The fourth-order valence-electron chi connectivity index (χ4n) is 4.36. The van der Waals surface area contributed by atoms with Gasteiger partial charge in [-0.1, -0.05) is 19.9 Å². The quantitative estimate of drug-likeness (QED) is 0.797. The number of quaternary nitrogens is 1. The minimum absolute atomic E-state index is 0.142. The minimum Gasteiger partial charge on any atom is -0.450 e. The Morgan fingerprint density at radius 3 is 2.71 bits per heavy atom. The van der Waals surface area contributed by atoms with E-state index < -0.39 is 0 Å². The van der Waals surface area contributed by atoms with Gasteiger partial charge in [0.1, 0.15) is 0 Å². The van der Waals surface area contributed by atoms with Crippen LogP contribution in [0, 0.1) is 17.3 Å². The number of allylic oxidation sites excluding steroid dienone is 1. The van der Waals surface area contributed by atoms with Crippen molar-refractivity contribution in [3.63, 3.8) is 0 Å². The largest absolute Gasteiger partial charge is 0.450 e. The van der Waals surface area contributed by atoms with Gasteiger partial charge < -0.3 is 9.64 Å². The first-order valence-corrected chi connectivity index (χ1v) is 8.46. The summed E-state index contributed by atoms with van der Waals surface area (Å²) in [5.74, 6) is 1.73. The molecule has 0 radical (unpaired) electrons. The normalized spacial score (nSPS) is 31.4. The summed E-state index contributed by atoms with van der Waals surface area (Å²) in [6, 6.07) is 0. The van der Waals surface area contributed by atoms with Gasteiger partial charge in [-0.05, 0) is 42.6 Å². The van der Waals surface area contributed by atoms with Crippen LogP contribution < -0.4 is 4.90 Å². The van der Waals surface area contributed by atoms with Crippen molar-refractivity contribution in [3.05, 3.63) is 11.6 Å². The van der Waals surface area contributed by atoms with Crippen LogP contribution in [0.2, 0.25) is 0 Å². The van der Waals surface area contributed by atoms with Crippen LogP contribution in [0.15, 0.2) is 11.6 Å². The van der Waals surface area contributed by atoms with Crippen molar-refractivity contribution in [1.82, 2.24) is 4.90 Å². The lowest BCUT2D eigenvalue weighted by molar-refractivity contribution is -0.899. The summed E-state index contributed by atoms with van der Waals surface area (Å²) in [5.41, 5.74) is 2.21. The zero-order valence-electron chi connectivity index (χ0n) is 13.7. The molecule has 1 amide bonds. The van der Waals surface area contributed by atoms with Crippen molar-refractivity contribution < 1.29 is 14.4 Å². The number of fused-ring (bicyclic) bond motifs is 1. The summed E-state index contributed by atoms with van der Waals surface area (Å²) >= 11 is 0. The zero-order chi connectivity index (χ0) is 15.0. The maximum Gasteiger partial charge on any atom is 0.410 e. The van der Waals surface area contributed by atoms with Crippen molar-refractivity contribution in [1.29, 1.82) is 0 Å². The first-order chi connectivity index (χ1) is 10.0. The number of carbonyl (C=O) groups excluding carboxylic acids is 1.